The molecule has 0 saturated carbocycles. The van der Waals surface area contributed by atoms with Gasteiger partial charge >= 0.3 is 0 Å². The number of carbonyl (C=O) groups is 2. The molecular weight excluding hydrogens is 408 g/mol. The van der Waals surface area contributed by atoms with Crippen molar-refractivity contribution in [2.45, 2.75) is 31.4 Å². The lowest BCUT2D eigenvalue weighted by Gasteiger charge is -2.20. The topological polar surface area (TPSA) is 83.6 Å². The van der Waals surface area contributed by atoms with Gasteiger partial charge in [-0.1, -0.05) is 34.5 Å². The molecule has 1 aliphatic heterocycles. The molecule has 1 N–H and O–H groups in total. The number of nitrogens with one attached hydrogen (secondary N) is 1. The summed E-state index contributed by atoms with van der Waals surface area (Å²) in [6.45, 7) is 1.41. The van der Waals surface area contributed by atoms with Crippen molar-refractivity contribution in [3.8, 4) is 0 Å². The number of carbonyl (C=O) groups excluding carboxylic acids is 2. The van der Waals surface area contributed by atoms with E-state index in [9.17, 15) is 18.0 Å². The number of halogens is 1. The summed E-state index contributed by atoms with van der Waals surface area (Å²) in [5, 5.41) is 2.60. The van der Waals surface area contributed by atoms with Crippen LogP contribution in [0.2, 0.25) is 0 Å². The predicted molar refractivity (Wildman–Crippen MR) is 99.7 cm³/mol. The minimum atomic E-state index is -3.54. The molecule has 2 amide bonds. The average molecular weight is 431 g/mol. The number of sulfone groups is 1. The van der Waals surface area contributed by atoms with E-state index >= 15 is 0 Å². The van der Waals surface area contributed by atoms with E-state index in [-0.39, 0.29) is 18.2 Å². The number of nitrogens with zero attached hydrogens (tertiary/aromatic N) is 1. The second-order valence-corrected chi connectivity index (χ2v) is 9.18. The first kappa shape index (κ1) is 19.9. The van der Waals surface area contributed by atoms with E-state index in [1.165, 1.54) is 0 Å². The van der Waals surface area contributed by atoms with Crippen molar-refractivity contribution in [3.63, 3.8) is 0 Å². The molecule has 0 bridgehead atoms. The molecule has 1 aromatic carbocycles. The van der Waals surface area contributed by atoms with E-state index in [1.807, 2.05) is 6.07 Å². The zero-order valence-corrected chi connectivity index (χ0v) is 16.4. The molecule has 25 heavy (non-hydrogen) atoms. The van der Waals surface area contributed by atoms with Crippen molar-refractivity contribution >= 4 is 37.6 Å². The largest absolute Gasteiger partial charge is 0.353 e. The third-order valence-electron chi connectivity index (χ3n) is 4.00. The Bertz CT molecular complexity index is 721. The van der Waals surface area contributed by atoms with Crippen molar-refractivity contribution in [2.24, 2.45) is 0 Å². The number of hydrogen-bond donors (Lipinski definition) is 1. The van der Waals surface area contributed by atoms with Gasteiger partial charge in [0.1, 0.15) is 5.75 Å². The predicted octanol–water partition coefficient (Wildman–Crippen LogP) is 1.88. The first-order valence-corrected chi connectivity index (χ1v) is 11.0. The highest BCUT2D eigenvalue weighted by Gasteiger charge is 2.19. The summed E-state index contributed by atoms with van der Waals surface area (Å²) >= 11 is 3.30. The summed E-state index contributed by atoms with van der Waals surface area (Å²) in [5.74, 6) is -1.15. The molecule has 0 unspecified atom stereocenters. The first-order chi connectivity index (χ1) is 11.9. The second kappa shape index (κ2) is 9.33. The summed E-state index contributed by atoms with van der Waals surface area (Å²) in [4.78, 5) is 25.5. The molecular formula is C17H23BrN2O4S. The fourth-order valence-corrected chi connectivity index (χ4v) is 4.53. The quantitative estimate of drug-likeness (QED) is 0.715. The zero-order valence-electron chi connectivity index (χ0n) is 14.0. The lowest BCUT2D eigenvalue weighted by atomic mass is 10.2. The molecule has 8 heteroatoms. The third-order valence-corrected chi connectivity index (χ3v) is 5.97. The Balaban J connectivity index is 1.77. The lowest BCUT2D eigenvalue weighted by Crippen LogP contribution is -2.40. The molecule has 0 radical (unpaired) electrons. The molecule has 0 aromatic heterocycles. The Labute approximate surface area is 157 Å². The highest BCUT2D eigenvalue weighted by molar-refractivity contribution is 9.10. The number of hydrogen-bond acceptors (Lipinski definition) is 4. The monoisotopic (exact) mass is 430 g/mol. The highest BCUT2D eigenvalue weighted by Crippen LogP contribution is 2.14. The molecule has 0 spiro atoms. The average Bonchev–Trinajstić information content (AvgIpc) is 2.71. The SMILES string of the molecule is O=C(CS(=O)(=O)Cc1cccc(Br)c1)NCCN1CCCCCC1=O. The van der Waals surface area contributed by atoms with Gasteiger partial charge < -0.3 is 10.2 Å². The van der Waals surface area contributed by atoms with Crippen LogP contribution in [0.4, 0.5) is 0 Å². The van der Waals surface area contributed by atoms with Crippen LogP contribution in [0.1, 0.15) is 31.2 Å². The Morgan fingerprint density at radius 3 is 2.80 bits per heavy atom. The lowest BCUT2D eigenvalue weighted by molar-refractivity contribution is -0.131. The molecule has 1 aliphatic rings. The minimum Gasteiger partial charge on any atom is -0.353 e. The normalized spacial score (nSPS) is 15.7. The van der Waals surface area contributed by atoms with Crippen LogP contribution in [0.15, 0.2) is 28.7 Å². The Hall–Kier alpha value is -1.41. The van der Waals surface area contributed by atoms with Gasteiger partial charge in [0.2, 0.25) is 11.8 Å². The molecule has 0 aliphatic carbocycles. The number of rotatable bonds is 7. The van der Waals surface area contributed by atoms with Gasteiger partial charge in [-0.3, -0.25) is 9.59 Å². The Morgan fingerprint density at radius 2 is 2.04 bits per heavy atom. The van der Waals surface area contributed by atoms with Crippen molar-refractivity contribution in [2.75, 3.05) is 25.4 Å². The van der Waals surface area contributed by atoms with Gasteiger partial charge in [0.25, 0.3) is 0 Å². The minimum absolute atomic E-state index is 0.106. The number of benzene rings is 1. The number of likely N-dealkylation sites (tertiary alicyclic amines) is 1. The van der Waals surface area contributed by atoms with Crippen molar-refractivity contribution in [1.29, 1.82) is 0 Å². The standard InChI is InChI=1S/C17H23BrN2O4S/c18-15-6-4-5-14(11-15)12-25(23,24)13-16(21)19-8-10-20-9-3-1-2-7-17(20)22/h4-6,11H,1-3,7-10,12-13H2,(H,19,21). The van der Waals surface area contributed by atoms with Crippen LogP contribution in [0.25, 0.3) is 0 Å². The van der Waals surface area contributed by atoms with Crippen LogP contribution < -0.4 is 5.32 Å². The molecule has 6 nitrogen and oxygen atoms in total. The van der Waals surface area contributed by atoms with E-state index in [1.54, 1.807) is 23.1 Å². The maximum atomic E-state index is 12.1. The van der Waals surface area contributed by atoms with Crippen LogP contribution in [0.3, 0.4) is 0 Å². The van der Waals surface area contributed by atoms with Crippen molar-refractivity contribution in [3.05, 3.63) is 34.3 Å². The highest BCUT2D eigenvalue weighted by atomic mass is 79.9. The van der Waals surface area contributed by atoms with Gasteiger partial charge in [0, 0.05) is 30.5 Å². The summed E-state index contributed by atoms with van der Waals surface area (Å²) in [5.41, 5.74) is 0.636. The van der Waals surface area contributed by atoms with E-state index in [0.717, 1.165) is 23.7 Å². The molecule has 2 rings (SSSR count). The van der Waals surface area contributed by atoms with E-state index in [4.69, 9.17) is 0 Å². The van der Waals surface area contributed by atoms with Crippen molar-refractivity contribution in [1.82, 2.24) is 10.2 Å². The maximum absolute atomic E-state index is 12.1. The summed E-state index contributed by atoms with van der Waals surface area (Å²) < 4.78 is 25.1. The maximum Gasteiger partial charge on any atom is 0.235 e. The summed E-state index contributed by atoms with van der Waals surface area (Å²) in [6, 6.07) is 7.01. The van der Waals surface area contributed by atoms with E-state index < -0.39 is 21.5 Å². The van der Waals surface area contributed by atoms with Crippen LogP contribution >= 0.6 is 15.9 Å². The Morgan fingerprint density at radius 1 is 1.24 bits per heavy atom. The fourth-order valence-electron chi connectivity index (χ4n) is 2.79. The smallest absolute Gasteiger partial charge is 0.235 e. The van der Waals surface area contributed by atoms with Crippen LogP contribution in [0, 0.1) is 0 Å². The van der Waals surface area contributed by atoms with Gasteiger partial charge in [0.15, 0.2) is 9.84 Å². The summed E-state index contributed by atoms with van der Waals surface area (Å²) in [6.07, 6.45) is 3.48. The van der Waals surface area contributed by atoms with Crippen LogP contribution in [0.5, 0.6) is 0 Å². The first-order valence-electron chi connectivity index (χ1n) is 8.35. The molecule has 1 fully saturated rings. The van der Waals surface area contributed by atoms with Gasteiger partial charge in [-0.15, -0.1) is 0 Å². The molecule has 1 heterocycles. The van der Waals surface area contributed by atoms with Gasteiger partial charge in [-0.2, -0.15) is 0 Å². The molecule has 1 aromatic rings. The zero-order chi connectivity index (χ0) is 18.3. The fraction of sp³-hybridized carbons (Fsp3) is 0.529. The van der Waals surface area contributed by atoms with Gasteiger partial charge in [-0.05, 0) is 30.5 Å². The second-order valence-electron chi connectivity index (χ2n) is 6.20. The summed E-state index contributed by atoms with van der Waals surface area (Å²) in [7, 11) is -3.54. The van der Waals surface area contributed by atoms with E-state index in [0.29, 0.717) is 25.1 Å². The Kier molecular flexibility index (Phi) is 7.43. The van der Waals surface area contributed by atoms with Gasteiger partial charge in [0.05, 0.1) is 5.75 Å². The van der Waals surface area contributed by atoms with Crippen molar-refractivity contribution < 1.29 is 18.0 Å². The molecule has 138 valence electrons. The molecule has 1 saturated heterocycles. The number of amides is 2. The van der Waals surface area contributed by atoms with Gasteiger partial charge in [-0.25, -0.2) is 8.42 Å². The van der Waals surface area contributed by atoms with E-state index in [2.05, 4.69) is 21.2 Å². The van der Waals surface area contributed by atoms with Crippen LogP contribution in [-0.4, -0.2) is 50.5 Å². The molecule has 0 atom stereocenters. The van der Waals surface area contributed by atoms with Crippen LogP contribution in [-0.2, 0) is 25.2 Å². The third kappa shape index (κ3) is 7.15.